The van der Waals surface area contributed by atoms with Crippen LogP contribution in [-0.4, -0.2) is 30.4 Å². The Morgan fingerprint density at radius 2 is 1.74 bits per heavy atom. The van der Waals surface area contributed by atoms with E-state index in [1.165, 1.54) is 6.07 Å². The molecule has 9 heteroatoms. The van der Waals surface area contributed by atoms with Gasteiger partial charge in [0.05, 0.1) is 29.9 Å². The van der Waals surface area contributed by atoms with E-state index in [-0.39, 0.29) is 18.3 Å². The first-order chi connectivity index (χ1) is 12.6. The van der Waals surface area contributed by atoms with Crippen LogP contribution in [0.3, 0.4) is 0 Å². The molecule has 6 nitrogen and oxygen atoms in total. The van der Waals surface area contributed by atoms with Gasteiger partial charge < -0.3 is 15.4 Å². The SMILES string of the molecule is CCOC(=O)[C@H]1[C@H](C(=O)NC(C)C)[C@@H]1C(=O)Nc1cccc(C(F)(F)F)c1. The van der Waals surface area contributed by atoms with E-state index in [1.807, 2.05) is 0 Å². The van der Waals surface area contributed by atoms with Crippen LogP contribution in [-0.2, 0) is 25.3 Å². The van der Waals surface area contributed by atoms with E-state index >= 15 is 0 Å². The largest absolute Gasteiger partial charge is 0.466 e. The zero-order chi connectivity index (χ0) is 20.4. The van der Waals surface area contributed by atoms with E-state index in [0.717, 1.165) is 18.2 Å². The molecule has 0 bridgehead atoms. The first kappa shape index (κ1) is 20.7. The van der Waals surface area contributed by atoms with Crippen molar-refractivity contribution in [3.05, 3.63) is 29.8 Å². The van der Waals surface area contributed by atoms with Crippen LogP contribution in [0.25, 0.3) is 0 Å². The highest BCUT2D eigenvalue weighted by Crippen LogP contribution is 2.48. The molecule has 27 heavy (non-hydrogen) atoms. The Balaban J connectivity index is 2.15. The monoisotopic (exact) mass is 386 g/mol. The number of anilines is 1. The molecule has 1 aromatic carbocycles. The number of ether oxygens (including phenoxy) is 1. The van der Waals surface area contributed by atoms with E-state index in [2.05, 4.69) is 10.6 Å². The number of hydrogen-bond acceptors (Lipinski definition) is 4. The van der Waals surface area contributed by atoms with Crippen LogP contribution in [0.5, 0.6) is 0 Å². The summed E-state index contributed by atoms with van der Waals surface area (Å²) >= 11 is 0. The molecular formula is C18H21F3N2O4. The van der Waals surface area contributed by atoms with Gasteiger partial charge in [-0.25, -0.2) is 0 Å². The molecule has 1 aromatic rings. The zero-order valence-electron chi connectivity index (χ0n) is 15.1. The van der Waals surface area contributed by atoms with Crippen LogP contribution in [0.1, 0.15) is 26.3 Å². The van der Waals surface area contributed by atoms with E-state index in [1.54, 1.807) is 20.8 Å². The lowest BCUT2D eigenvalue weighted by Crippen LogP contribution is -2.33. The highest BCUT2D eigenvalue weighted by molar-refractivity contribution is 6.05. The second kappa shape index (κ2) is 7.98. The summed E-state index contributed by atoms with van der Waals surface area (Å²) in [5.74, 6) is -4.68. The van der Waals surface area contributed by atoms with Crippen LogP contribution in [0, 0.1) is 17.8 Å². The predicted octanol–water partition coefficient (Wildman–Crippen LogP) is 2.59. The van der Waals surface area contributed by atoms with Gasteiger partial charge >= 0.3 is 12.1 Å². The van der Waals surface area contributed by atoms with Gasteiger partial charge in [0.25, 0.3) is 0 Å². The molecule has 0 heterocycles. The van der Waals surface area contributed by atoms with Gasteiger partial charge in [-0.3, -0.25) is 14.4 Å². The van der Waals surface area contributed by atoms with E-state index in [9.17, 15) is 27.6 Å². The number of amides is 2. The molecule has 1 fully saturated rings. The Labute approximate surface area is 154 Å². The summed E-state index contributed by atoms with van der Waals surface area (Å²) < 4.78 is 43.3. The van der Waals surface area contributed by atoms with E-state index in [4.69, 9.17) is 4.74 Å². The molecule has 148 valence electrons. The fourth-order valence-electron chi connectivity index (χ4n) is 2.87. The Kier molecular flexibility index (Phi) is 6.12. The van der Waals surface area contributed by atoms with Gasteiger partial charge in [-0.2, -0.15) is 13.2 Å². The predicted molar refractivity (Wildman–Crippen MR) is 90.5 cm³/mol. The van der Waals surface area contributed by atoms with Crippen LogP contribution in [0.15, 0.2) is 24.3 Å². The Morgan fingerprint density at radius 1 is 1.11 bits per heavy atom. The van der Waals surface area contributed by atoms with Gasteiger partial charge in [0.1, 0.15) is 0 Å². The standard InChI is InChI=1S/C18H21F3N2O4/c1-4-27-17(26)14-12(15(24)22-9(2)3)13(14)16(25)23-11-7-5-6-10(8-11)18(19,20)21/h5-9,12-14H,4H2,1-3H3,(H,22,24)(H,23,25)/t12-,13+,14+/m1/s1. The highest BCUT2D eigenvalue weighted by atomic mass is 19.4. The smallest absolute Gasteiger partial charge is 0.416 e. The first-order valence-corrected chi connectivity index (χ1v) is 8.51. The molecule has 2 amide bonds. The minimum Gasteiger partial charge on any atom is -0.466 e. The lowest BCUT2D eigenvalue weighted by molar-refractivity contribution is -0.146. The highest BCUT2D eigenvalue weighted by Gasteiger charge is 2.63. The Morgan fingerprint density at radius 3 is 2.30 bits per heavy atom. The Bertz CT molecular complexity index is 734. The quantitative estimate of drug-likeness (QED) is 0.736. The Hall–Kier alpha value is -2.58. The van der Waals surface area contributed by atoms with Gasteiger partial charge in [-0.1, -0.05) is 6.07 Å². The molecule has 3 atom stereocenters. The number of carbonyl (C=O) groups is 3. The summed E-state index contributed by atoms with van der Waals surface area (Å²) in [6.45, 7) is 5.16. The fraction of sp³-hybridized carbons (Fsp3) is 0.500. The number of esters is 1. The molecule has 0 unspecified atom stereocenters. The third-order valence-electron chi connectivity index (χ3n) is 4.07. The van der Waals surface area contributed by atoms with E-state index in [0.29, 0.717) is 0 Å². The van der Waals surface area contributed by atoms with Gasteiger partial charge in [-0.15, -0.1) is 0 Å². The lowest BCUT2D eigenvalue weighted by Gasteiger charge is -2.10. The number of carbonyl (C=O) groups excluding carboxylic acids is 3. The average Bonchev–Trinajstić information content (AvgIpc) is 3.30. The van der Waals surface area contributed by atoms with Gasteiger partial charge in [0.15, 0.2) is 0 Å². The molecule has 0 radical (unpaired) electrons. The maximum Gasteiger partial charge on any atom is 0.416 e. The molecule has 0 saturated heterocycles. The van der Waals surface area contributed by atoms with Crippen LogP contribution >= 0.6 is 0 Å². The minimum atomic E-state index is -4.55. The van der Waals surface area contributed by atoms with Gasteiger partial charge in [0.2, 0.25) is 11.8 Å². The third-order valence-corrected chi connectivity index (χ3v) is 4.07. The molecule has 2 N–H and O–H groups in total. The summed E-state index contributed by atoms with van der Waals surface area (Å²) in [5, 5.41) is 4.99. The van der Waals surface area contributed by atoms with Crippen molar-refractivity contribution in [3.8, 4) is 0 Å². The maximum atomic E-state index is 12.8. The lowest BCUT2D eigenvalue weighted by atomic mass is 10.2. The molecule has 0 aromatic heterocycles. The first-order valence-electron chi connectivity index (χ1n) is 8.51. The van der Waals surface area contributed by atoms with Crippen molar-refractivity contribution < 1.29 is 32.3 Å². The molecule has 2 rings (SSSR count). The van der Waals surface area contributed by atoms with Crippen LogP contribution < -0.4 is 10.6 Å². The van der Waals surface area contributed by atoms with Crippen molar-refractivity contribution in [2.24, 2.45) is 17.8 Å². The molecule has 1 aliphatic carbocycles. The number of benzene rings is 1. The van der Waals surface area contributed by atoms with Crippen LogP contribution in [0.2, 0.25) is 0 Å². The van der Waals surface area contributed by atoms with Crippen LogP contribution in [0.4, 0.5) is 18.9 Å². The summed E-state index contributed by atoms with van der Waals surface area (Å²) in [6, 6.07) is 3.96. The number of alkyl halides is 3. The zero-order valence-corrected chi connectivity index (χ0v) is 15.1. The van der Waals surface area contributed by atoms with Crippen molar-refractivity contribution in [1.82, 2.24) is 5.32 Å². The molecule has 0 spiro atoms. The summed E-state index contributed by atoms with van der Waals surface area (Å²) in [4.78, 5) is 36.7. The molecular weight excluding hydrogens is 365 g/mol. The molecule has 1 aliphatic rings. The van der Waals surface area contributed by atoms with Crippen molar-refractivity contribution in [1.29, 1.82) is 0 Å². The summed E-state index contributed by atoms with van der Waals surface area (Å²) in [6.07, 6.45) is -4.55. The maximum absolute atomic E-state index is 12.8. The normalized spacial score (nSPS) is 21.5. The summed E-state index contributed by atoms with van der Waals surface area (Å²) in [5.41, 5.74) is -0.973. The second-order valence-corrected chi connectivity index (χ2v) is 6.56. The minimum absolute atomic E-state index is 0.0626. The molecule has 1 saturated carbocycles. The average molecular weight is 386 g/mol. The number of rotatable bonds is 6. The molecule has 0 aliphatic heterocycles. The van der Waals surface area contributed by atoms with Gasteiger partial charge in [0, 0.05) is 11.7 Å². The van der Waals surface area contributed by atoms with Crippen molar-refractivity contribution in [2.45, 2.75) is 33.0 Å². The third kappa shape index (κ3) is 4.99. The second-order valence-electron chi connectivity index (χ2n) is 6.56. The number of hydrogen-bond donors (Lipinski definition) is 2. The number of halogens is 3. The van der Waals surface area contributed by atoms with Crippen molar-refractivity contribution in [2.75, 3.05) is 11.9 Å². The van der Waals surface area contributed by atoms with Gasteiger partial charge in [-0.05, 0) is 39.0 Å². The topological polar surface area (TPSA) is 84.5 Å². The number of nitrogens with one attached hydrogen (secondary N) is 2. The fourth-order valence-corrected chi connectivity index (χ4v) is 2.87. The van der Waals surface area contributed by atoms with Crippen molar-refractivity contribution in [3.63, 3.8) is 0 Å². The van der Waals surface area contributed by atoms with Crippen molar-refractivity contribution >= 4 is 23.5 Å². The van der Waals surface area contributed by atoms with E-state index < -0.39 is 47.3 Å². The summed E-state index contributed by atoms with van der Waals surface area (Å²) in [7, 11) is 0.